The van der Waals surface area contributed by atoms with Crippen molar-refractivity contribution in [3.63, 3.8) is 0 Å². The van der Waals surface area contributed by atoms with Gasteiger partial charge < -0.3 is 9.47 Å². The van der Waals surface area contributed by atoms with Crippen molar-refractivity contribution in [3.05, 3.63) is 41.3 Å². The molecule has 0 spiro atoms. The van der Waals surface area contributed by atoms with E-state index in [-0.39, 0.29) is 0 Å². The highest BCUT2D eigenvalue weighted by Crippen LogP contribution is 2.25. The Kier molecular flexibility index (Phi) is 5.18. The van der Waals surface area contributed by atoms with Crippen LogP contribution in [0.1, 0.15) is 26.1 Å². The molecule has 0 amide bonds. The van der Waals surface area contributed by atoms with Crippen LogP contribution >= 0.6 is 11.6 Å². The van der Waals surface area contributed by atoms with Crippen molar-refractivity contribution in [2.75, 3.05) is 6.61 Å². The molecule has 0 saturated carbocycles. The number of hydrogen-bond donors (Lipinski definition) is 0. The van der Waals surface area contributed by atoms with Crippen LogP contribution in [0.25, 0.3) is 0 Å². The van der Waals surface area contributed by atoms with E-state index >= 15 is 0 Å². The normalized spacial score (nSPS) is 10.3. The molecule has 0 bridgehead atoms. The van der Waals surface area contributed by atoms with Crippen molar-refractivity contribution < 1.29 is 9.47 Å². The summed E-state index contributed by atoms with van der Waals surface area (Å²) in [7, 11) is 0. The molecular formula is C15H17ClN2O2. The lowest BCUT2D eigenvalue weighted by Crippen LogP contribution is -1.98. The van der Waals surface area contributed by atoms with Gasteiger partial charge in [-0.1, -0.05) is 24.6 Å². The van der Waals surface area contributed by atoms with Crippen molar-refractivity contribution in [2.24, 2.45) is 0 Å². The van der Waals surface area contributed by atoms with E-state index in [2.05, 4.69) is 16.9 Å². The van der Waals surface area contributed by atoms with Crippen LogP contribution < -0.4 is 9.47 Å². The zero-order valence-electron chi connectivity index (χ0n) is 11.6. The van der Waals surface area contributed by atoms with E-state index in [0.717, 1.165) is 18.6 Å². The van der Waals surface area contributed by atoms with E-state index in [0.29, 0.717) is 29.2 Å². The lowest BCUT2D eigenvalue weighted by molar-refractivity contribution is 0.338. The summed E-state index contributed by atoms with van der Waals surface area (Å²) in [4.78, 5) is 8.50. The minimum absolute atomic E-state index is 0.388. The summed E-state index contributed by atoms with van der Waals surface area (Å²) in [6, 6.07) is 9.02. The van der Waals surface area contributed by atoms with E-state index in [1.165, 1.54) is 0 Å². The Morgan fingerprint density at radius 3 is 2.65 bits per heavy atom. The number of ether oxygens (including phenoxy) is 2. The Morgan fingerprint density at radius 1 is 1.10 bits per heavy atom. The van der Waals surface area contributed by atoms with Gasteiger partial charge in [-0.25, -0.2) is 4.98 Å². The van der Waals surface area contributed by atoms with Crippen LogP contribution in [0.2, 0.25) is 5.15 Å². The second-order valence-electron chi connectivity index (χ2n) is 4.21. The molecule has 1 aromatic heterocycles. The molecular weight excluding hydrogens is 276 g/mol. The van der Waals surface area contributed by atoms with Gasteiger partial charge in [-0.15, -0.1) is 0 Å². The monoisotopic (exact) mass is 292 g/mol. The van der Waals surface area contributed by atoms with Gasteiger partial charge in [0.15, 0.2) is 0 Å². The van der Waals surface area contributed by atoms with Crippen molar-refractivity contribution in [3.8, 4) is 17.4 Å². The van der Waals surface area contributed by atoms with Gasteiger partial charge in [0.2, 0.25) is 5.88 Å². The fraction of sp³-hybridized carbons (Fsp3) is 0.333. The first kappa shape index (κ1) is 14.6. The third kappa shape index (κ3) is 4.10. The Labute approximate surface area is 123 Å². The van der Waals surface area contributed by atoms with Gasteiger partial charge in [0.1, 0.15) is 22.5 Å². The first-order valence-electron chi connectivity index (χ1n) is 6.65. The number of benzene rings is 1. The predicted octanol–water partition coefficient (Wildman–Crippen LogP) is 4.27. The zero-order valence-corrected chi connectivity index (χ0v) is 12.4. The Bertz CT molecular complexity index is 576. The van der Waals surface area contributed by atoms with Gasteiger partial charge in [0, 0.05) is 18.6 Å². The average Bonchev–Trinajstić information content (AvgIpc) is 2.39. The maximum absolute atomic E-state index is 5.98. The highest BCUT2D eigenvalue weighted by Gasteiger charge is 2.06. The van der Waals surface area contributed by atoms with Crippen LogP contribution in [0.15, 0.2) is 30.3 Å². The minimum Gasteiger partial charge on any atom is -0.494 e. The summed E-state index contributed by atoms with van der Waals surface area (Å²) in [5, 5.41) is 0.388. The number of aromatic nitrogens is 2. The summed E-state index contributed by atoms with van der Waals surface area (Å²) in [5.41, 5.74) is 0. The maximum atomic E-state index is 5.98. The third-order valence-corrected chi connectivity index (χ3v) is 2.72. The highest BCUT2D eigenvalue weighted by molar-refractivity contribution is 6.29. The van der Waals surface area contributed by atoms with Gasteiger partial charge in [-0.3, -0.25) is 0 Å². The Hall–Kier alpha value is -1.81. The smallest absolute Gasteiger partial charge is 0.224 e. The van der Waals surface area contributed by atoms with E-state index in [9.17, 15) is 0 Å². The summed E-state index contributed by atoms with van der Waals surface area (Å²) >= 11 is 5.98. The Morgan fingerprint density at radius 2 is 1.90 bits per heavy atom. The molecule has 2 aromatic rings. The van der Waals surface area contributed by atoms with Crippen LogP contribution in [0.5, 0.6) is 17.4 Å². The van der Waals surface area contributed by atoms with Gasteiger partial charge in [0.05, 0.1) is 6.61 Å². The topological polar surface area (TPSA) is 44.2 Å². The second-order valence-corrected chi connectivity index (χ2v) is 4.59. The summed E-state index contributed by atoms with van der Waals surface area (Å²) < 4.78 is 11.1. The van der Waals surface area contributed by atoms with Crippen LogP contribution in [-0.2, 0) is 6.42 Å². The molecule has 0 fully saturated rings. The largest absolute Gasteiger partial charge is 0.494 e. The molecule has 5 heteroatoms. The molecule has 1 heterocycles. The summed E-state index contributed by atoms with van der Waals surface area (Å²) in [6.07, 6.45) is 1.73. The number of nitrogens with zero attached hydrogens (tertiary/aromatic N) is 2. The third-order valence-electron chi connectivity index (χ3n) is 2.53. The fourth-order valence-electron chi connectivity index (χ4n) is 1.74. The van der Waals surface area contributed by atoms with Gasteiger partial charge in [-0.2, -0.15) is 4.98 Å². The van der Waals surface area contributed by atoms with Crippen LogP contribution in [0.3, 0.4) is 0 Å². The molecule has 0 saturated heterocycles. The molecule has 0 aliphatic heterocycles. The zero-order chi connectivity index (χ0) is 14.4. The van der Waals surface area contributed by atoms with Gasteiger partial charge in [-0.05, 0) is 25.5 Å². The number of rotatable bonds is 6. The van der Waals surface area contributed by atoms with Crippen molar-refractivity contribution in [1.29, 1.82) is 0 Å². The van der Waals surface area contributed by atoms with E-state index in [4.69, 9.17) is 21.1 Å². The molecule has 0 atom stereocenters. The lowest BCUT2D eigenvalue weighted by atomic mass is 10.3. The van der Waals surface area contributed by atoms with E-state index in [1.54, 1.807) is 6.07 Å². The SMILES string of the molecule is CCCc1nc(Cl)cc(Oc2cccc(OCC)c2)n1. The van der Waals surface area contributed by atoms with Crippen molar-refractivity contribution in [1.82, 2.24) is 9.97 Å². The van der Waals surface area contributed by atoms with Crippen molar-refractivity contribution in [2.45, 2.75) is 26.7 Å². The number of hydrogen-bond acceptors (Lipinski definition) is 4. The molecule has 0 aliphatic rings. The second kappa shape index (κ2) is 7.10. The predicted molar refractivity (Wildman–Crippen MR) is 78.7 cm³/mol. The molecule has 20 heavy (non-hydrogen) atoms. The molecule has 106 valence electrons. The van der Waals surface area contributed by atoms with Crippen molar-refractivity contribution >= 4 is 11.6 Å². The van der Waals surface area contributed by atoms with E-state index in [1.807, 2.05) is 31.2 Å². The van der Waals surface area contributed by atoms with Gasteiger partial charge >= 0.3 is 0 Å². The van der Waals surface area contributed by atoms with Crippen LogP contribution in [0.4, 0.5) is 0 Å². The van der Waals surface area contributed by atoms with E-state index < -0.39 is 0 Å². The van der Waals surface area contributed by atoms with Crippen LogP contribution in [-0.4, -0.2) is 16.6 Å². The number of aryl methyl sites for hydroxylation is 1. The maximum Gasteiger partial charge on any atom is 0.224 e. The molecule has 0 N–H and O–H groups in total. The molecule has 4 nitrogen and oxygen atoms in total. The average molecular weight is 293 g/mol. The lowest BCUT2D eigenvalue weighted by Gasteiger charge is -2.08. The molecule has 0 radical (unpaired) electrons. The first-order chi connectivity index (χ1) is 9.71. The fourth-order valence-corrected chi connectivity index (χ4v) is 1.94. The summed E-state index contributed by atoms with van der Waals surface area (Å²) in [6.45, 7) is 4.62. The van der Waals surface area contributed by atoms with Crippen LogP contribution in [0, 0.1) is 0 Å². The molecule has 2 rings (SSSR count). The number of halogens is 1. The van der Waals surface area contributed by atoms with Gasteiger partial charge in [0.25, 0.3) is 0 Å². The Balaban J connectivity index is 2.18. The molecule has 0 unspecified atom stereocenters. The first-order valence-corrected chi connectivity index (χ1v) is 7.03. The molecule has 1 aromatic carbocycles. The molecule has 0 aliphatic carbocycles. The highest BCUT2D eigenvalue weighted by atomic mass is 35.5. The summed E-state index contributed by atoms with van der Waals surface area (Å²) in [5.74, 6) is 2.56. The standard InChI is InChI=1S/C15H17ClN2O2/c1-3-6-14-17-13(16)10-15(18-14)20-12-8-5-7-11(9-12)19-4-2/h5,7-10H,3-4,6H2,1-2H3. The minimum atomic E-state index is 0.388. The quantitative estimate of drug-likeness (QED) is 0.746.